The second kappa shape index (κ2) is 10.4. The van der Waals surface area contributed by atoms with E-state index in [1.165, 1.54) is 30.0 Å². The van der Waals surface area contributed by atoms with Crippen molar-refractivity contribution in [3.05, 3.63) is 65.7 Å². The lowest BCUT2D eigenvalue weighted by molar-refractivity contribution is 0.0694. The fourth-order valence-corrected chi connectivity index (χ4v) is 5.89. The van der Waals surface area contributed by atoms with Gasteiger partial charge in [-0.1, -0.05) is 42.8 Å². The molecule has 6 rings (SSSR count). The molecule has 36 heavy (non-hydrogen) atoms. The second-order valence-corrected chi connectivity index (χ2v) is 10.1. The number of amides is 1. The van der Waals surface area contributed by atoms with Crippen LogP contribution in [0.4, 0.5) is 0 Å². The molecule has 0 bridgehead atoms. The molecule has 1 amide bonds. The van der Waals surface area contributed by atoms with Gasteiger partial charge in [-0.05, 0) is 67.8 Å². The highest BCUT2D eigenvalue weighted by molar-refractivity contribution is 5.97. The summed E-state index contributed by atoms with van der Waals surface area (Å²) in [5.74, 6) is 2.54. The fraction of sp³-hybridized carbons (Fsp3) is 0.433. The van der Waals surface area contributed by atoms with Crippen molar-refractivity contribution in [2.45, 2.75) is 44.6 Å². The van der Waals surface area contributed by atoms with E-state index in [-0.39, 0.29) is 12.7 Å². The molecule has 0 aliphatic carbocycles. The summed E-state index contributed by atoms with van der Waals surface area (Å²) in [5.41, 5.74) is 1.85. The molecule has 0 saturated carbocycles. The Labute approximate surface area is 212 Å². The van der Waals surface area contributed by atoms with Crippen molar-refractivity contribution >= 4 is 16.7 Å². The summed E-state index contributed by atoms with van der Waals surface area (Å²) in [6.45, 7) is 4.71. The minimum absolute atomic E-state index is 0.125. The molecule has 6 nitrogen and oxygen atoms in total. The van der Waals surface area contributed by atoms with E-state index in [1.54, 1.807) is 0 Å². The smallest absolute Gasteiger partial charge is 0.254 e. The first-order valence-corrected chi connectivity index (χ1v) is 13.3. The largest absolute Gasteiger partial charge is 0.493 e. The van der Waals surface area contributed by atoms with E-state index >= 15 is 0 Å². The molecule has 3 heterocycles. The molecule has 0 aromatic heterocycles. The zero-order valence-electron chi connectivity index (χ0n) is 20.8. The maximum Gasteiger partial charge on any atom is 0.254 e. The van der Waals surface area contributed by atoms with Crippen molar-refractivity contribution in [1.29, 1.82) is 0 Å². The summed E-state index contributed by atoms with van der Waals surface area (Å²) in [5, 5.41) is 2.39. The highest BCUT2D eigenvalue weighted by Crippen LogP contribution is 2.37. The summed E-state index contributed by atoms with van der Waals surface area (Å²) in [4.78, 5) is 17.9. The van der Waals surface area contributed by atoms with Crippen LogP contribution in [0.15, 0.2) is 54.6 Å². The van der Waals surface area contributed by atoms with Crippen molar-refractivity contribution in [1.82, 2.24) is 9.80 Å². The lowest BCUT2D eigenvalue weighted by atomic mass is 9.96. The van der Waals surface area contributed by atoms with Crippen LogP contribution in [0.25, 0.3) is 10.8 Å². The number of hydrogen-bond acceptors (Lipinski definition) is 5. The third kappa shape index (κ3) is 4.74. The SMILES string of the molecule is O=C1c2cc3c(cc2CCN1CCC1CCCCN1CCCOc1cccc2ccccc12)OCO3. The van der Waals surface area contributed by atoms with Gasteiger partial charge in [0.1, 0.15) is 5.75 Å². The highest BCUT2D eigenvalue weighted by atomic mass is 16.7. The second-order valence-electron chi connectivity index (χ2n) is 10.1. The Morgan fingerprint density at radius 2 is 1.81 bits per heavy atom. The standard InChI is InChI=1S/C30H34N2O4/c33-30-26-20-29-28(35-21-36-29)19-23(26)12-16-32(30)17-13-24-9-3-4-14-31(24)15-6-18-34-27-11-5-8-22-7-1-2-10-25(22)27/h1-2,5,7-8,10-11,19-20,24H,3-4,6,9,12-18,21H2. The van der Waals surface area contributed by atoms with Gasteiger partial charge in [0.2, 0.25) is 6.79 Å². The number of likely N-dealkylation sites (tertiary alicyclic amines) is 1. The Morgan fingerprint density at radius 3 is 2.75 bits per heavy atom. The highest BCUT2D eigenvalue weighted by Gasteiger charge is 2.29. The summed E-state index contributed by atoms with van der Waals surface area (Å²) < 4.78 is 17.2. The van der Waals surface area contributed by atoms with Gasteiger partial charge >= 0.3 is 0 Å². The molecule has 3 aromatic carbocycles. The number of piperidine rings is 1. The Hall–Kier alpha value is -3.25. The van der Waals surface area contributed by atoms with Crippen LogP contribution in [-0.2, 0) is 6.42 Å². The monoisotopic (exact) mass is 486 g/mol. The number of nitrogens with zero attached hydrogens (tertiary/aromatic N) is 2. The number of fused-ring (bicyclic) bond motifs is 3. The van der Waals surface area contributed by atoms with E-state index < -0.39 is 0 Å². The van der Waals surface area contributed by atoms with Crippen molar-refractivity contribution in [2.24, 2.45) is 0 Å². The molecular weight excluding hydrogens is 452 g/mol. The van der Waals surface area contributed by atoms with Gasteiger partial charge in [-0.2, -0.15) is 0 Å². The van der Waals surface area contributed by atoms with E-state index in [4.69, 9.17) is 14.2 Å². The maximum absolute atomic E-state index is 13.2. The van der Waals surface area contributed by atoms with Crippen molar-refractivity contribution < 1.29 is 19.0 Å². The lowest BCUT2D eigenvalue weighted by Crippen LogP contribution is -2.44. The van der Waals surface area contributed by atoms with E-state index in [1.807, 2.05) is 17.0 Å². The van der Waals surface area contributed by atoms with Gasteiger partial charge in [0.05, 0.1) is 6.61 Å². The van der Waals surface area contributed by atoms with Crippen LogP contribution >= 0.6 is 0 Å². The van der Waals surface area contributed by atoms with Crippen LogP contribution in [0, 0.1) is 0 Å². The minimum Gasteiger partial charge on any atom is -0.493 e. The average Bonchev–Trinajstić information content (AvgIpc) is 3.38. The number of hydrogen-bond donors (Lipinski definition) is 0. The predicted molar refractivity (Wildman–Crippen MR) is 140 cm³/mol. The summed E-state index contributed by atoms with van der Waals surface area (Å²) in [6, 6.07) is 19.0. The molecule has 1 unspecified atom stereocenters. The summed E-state index contributed by atoms with van der Waals surface area (Å²) >= 11 is 0. The number of benzene rings is 3. The molecule has 3 aliphatic heterocycles. The van der Waals surface area contributed by atoms with Crippen molar-refractivity contribution in [2.75, 3.05) is 39.6 Å². The Kier molecular flexibility index (Phi) is 6.69. The minimum atomic E-state index is 0.125. The number of carbonyl (C=O) groups excluding carboxylic acids is 1. The van der Waals surface area contributed by atoms with Gasteiger partial charge in [0.25, 0.3) is 5.91 Å². The molecular formula is C30H34N2O4. The van der Waals surface area contributed by atoms with Gasteiger partial charge < -0.3 is 24.0 Å². The van der Waals surface area contributed by atoms with Crippen LogP contribution < -0.4 is 14.2 Å². The molecule has 1 fully saturated rings. The fourth-order valence-electron chi connectivity index (χ4n) is 5.89. The van der Waals surface area contributed by atoms with Gasteiger partial charge in [-0.3, -0.25) is 4.79 Å². The van der Waals surface area contributed by atoms with Gasteiger partial charge in [-0.25, -0.2) is 0 Å². The van der Waals surface area contributed by atoms with E-state index in [0.717, 1.165) is 68.1 Å². The predicted octanol–water partition coefficient (Wildman–Crippen LogP) is 5.28. The Bertz CT molecular complexity index is 1240. The van der Waals surface area contributed by atoms with Crippen LogP contribution in [0.1, 0.15) is 48.0 Å². The molecule has 0 spiro atoms. The van der Waals surface area contributed by atoms with Crippen LogP contribution in [0.2, 0.25) is 0 Å². The quantitative estimate of drug-likeness (QED) is 0.406. The van der Waals surface area contributed by atoms with Crippen LogP contribution in [-0.4, -0.2) is 61.3 Å². The molecule has 1 atom stereocenters. The normalized spacial score (nSPS) is 19.5. The third-order valence-corrected chi connectivity index (χ3v) is 7.85. The zero-order valence-corrected chi connectivity index (χ0v) is 20.8. The molecule has 3 aliphatic rings. The lowest BCUT2D eigenvalue weighted by Gasteiger charge is -2.37. The van der Waals surface area contributed by atoms with Gasteiger partial charge in [0, 0.05) is 36.6 Å². The number of carbonyl (C=O) groups is 1. The molecule has 1 saturated heterocycles. The molecule has 0 N–H and O–H groups in total. The third-order valence-electron chi connectivity index (χ3n) is 7.85. The first-order chi connectivity index (χ1) is 17.8. The maximum atomic E-state index is 13.2. The topological polar surface area (TPSA) is 51.2 Å². The van der Waals surface area contributed by atoms with Gasteiger partial charge in [0.15, 0.2) is 11.5 Å². The molecule has 6 heteroatoms. The zero-order chi connectivity index (χ0) is 24.3. The Morgan fingerprint density at radius 1 is 0.944 bits per heavy atom. The number of rotatable bonds is 8. The van der Waals surface area contributed by atoms with Crippen molar-refractivity contribution in [3.63, 3.8) is 0 Å². The average molecular weight is 487 g/mol. The van der Waals surface area contributed by atoms with Crippen LogP contribution in [0.3, 0.4) is 0 Å². The molecule has 0 radical (unpaired) electrons. The van der Waals surface area contributed by atoms with E-state index in [9.17, 15) is 4.79 Å². The van der Waals surface area contributed by atoms with E-state index in [2.05, 4.69) is 47.4 Å². The van der Waals surface area contributed by atoms with Crippen molar-refractivity contribution in [3.8, 4) is 17.2 Å². The number of ether oxygens (including phenoxy) is 3. The van der Waals surface area contributed by atoms with Crippen LogP contribution in [0.5, 0.6) is 17.2 Å². The molecule has 188 valence electrons. The van der Waals surface area contributed by atoms with E-state index in [0.29, 0.717) is 18.4 Å². The molecule has 3 aromatic rings. The first-order valence-electron chi connectivity index (χ1n) is 13.3. The van der Waals surface area contributed by atoms with Gasteiger partial charge in [-0.15, -0.1) is 0 Å². The Balaban J connectivity index is 1.02. The summed E-state index contributed by atoms with van der Waals surface area (Å²) in [6.07, 6.45) is 6.63. The first kappa shape index (κ1) is 23.2. The summed E-state index contributed by atoms with van der Waals surface area (Å²) in [7, 11) is 0.